The highest BCUT2D eigenvalue weighted by Gasteiger charge is 2.49. The first kappa shape index (κ1) is 22.4. The lowest BCUT2D eigenvalue weighted by molar-refractivity contribution is -0.141. The normalized spacial score (nSPS) is 21.0. The van der Waals surface area contributed by atoms with Gasteiger partial charge in [0, 0.05) is 11.1 Å². The first-order valence-electron chi connectivity index (χ1n) is 11.1. The molecule has 1 saturated carbocycles. The maximum Gasteiger partial charge on any atom is 0.295 e. The van der Waals surface area contributed by atoms with Gasteiger partial charge in [-0.3, -0.25) is 9.59 Å². The Labute approximate surface area is 193 Å². The molecule has 1 saturated heterocycles. The summed E-state index contributed by atoms with van der Waals surface area (Å²) in [6.07, 6.45) is 3.76. The minimum atomic E-state index is -0.672. The summed E-state index contributed by atoms with van der Waals surface area (Å²) in [6.45, 7) is 4.23. The Morgan fingerprint density at radius 2 is 1.75 bits per heavy atom. The number of rotatable bonds is 5. The highest BCUT2D eigenvalue weighted by atomic mass is 35.5. The molecular formula is C26H28ClNO4. The first-order chi connectivity index (χ1) is 15.3. The van der Waals surface area contributed by atoms with Crippen LogP contribution in [0.5, 0.6) is 5.75 Å². The average Bonchev–Trinajstić information content (AvgIpc) is 3.40. The van der Waals surface area contributed by atoms with Crippen molar-refractivity contribution in [1.82, 2.24) is 4.90 Å². The lowest BCUT2D eigenvalue weighted by Gasteiger charge is -2.31. The van der Waals surface area contributed by atoms with Crippen LogP contribution in [-0.4, -0.2) is 34.8 Å². The van der Waals surface area contributed by atoms with Gasteiger partial charge >= 0.3 is 0 Å². The zero-order valence-corrected chi connectivity index (χ0v) is 19.4. The highest BCUT2D eigenvalue weighted by molar-refractivity contribution is 6.46. The summed E-state index contributed by atoms with van der Waals surface area (Å²) in [6, 6.07) is 12.1. The number of ether oxygens (including phenoxy) is 1. The number of aliphatic hydroxyl groups excluding tert-OH is 1. The van der Waals surface area contributed by atoms with E-state index in [1.807, 2.05) is 24.3 Å². The molecule has 168 valence electrons. The van der Waals surface area contributed by atoms with Crippen LogP contribution in [0.2, 0.25) is 5.02 Å². The van der Waals surface area contributed by atoms with E-state index in [0.29, 0.717) is 22.3 Å². The lowest BCUT2D eigenvalue weighted by atomic mass is 9.92. The van der Waals surface area contributed by atoms with Gasteiger partial charge in [-0.15, -0.1) is 0 Å². The molecular weight excluding hydrogens is 426 g/mol. The van der Waals surface area contributed by atoms with Gasteiger partial charge in [-0.25, -0.2) is 0 Å². The third kappa shape index (κ3) is 3.90. The number of aliphatic hydroxyl groups is 1. The molecule has 0 radical (unpaired) electrons. The molecule has 1 unspecified atom stereocenters. The molecule has 0 bridgehead atoms. The Balaban J connectivity index is 1.90. The van der Waals surface area contributed by atoms with Crippen molar-refractivity contribution in [1.29, 1.82) is 0 Å². The van der Waals surface area contributed by atoms with Crippen LogP contribution in [0.4, 0.5) is 0 Å². The molecule has 1 heterocycles. The van der Waals surface area contributed by atoms with Gasteiger partial charge in [0.25, 0.3) is 11.7 Å². The lowest BCUT2D eigenvalue weighted by Crippen LogP contribution is -2.37. The zero-order valence-electron chi connectivity index (χ0n) is 18.6. The van der Waals surface area contributed by atoms with Gasteiger partial charge in [0.15, 0.2) is 0 Å². The number of benzene rings is 2. The molecule has 1 atom stereocenters. The number of nitrogens with zero attached hydrogens (tertiary/aromatic N) is 1. The second-order valence-electron chi connectivity index (χ2n) is 8.81. The number of carbonyl (C=O) groups excluding carboxylic acids is 2. The summed E-state index contributed by atoms with van der Waals surface area (Å²) in [4.78, 5) is 28.1. The van der Waals surface area contributed by atoms with Crippen LogP contribution < -0.4 is 4.74 Å². The van der Waals surface area contributed by atoms with Crippen LogP contribution in [0.25, 0.3) is 5.76 Å². The van der Waals surface area contributed by atoms with E-state index in [1.54, 1.807) is 23.1 Å². The van der Waals surface area contributed by atoms with Crippen LogP contribution in [0, 0.1) is 0 Å². The SMILES string of the molecule is COc1ccc(Cl)cc1/C(O)=C1\C(=O)C(=O)N(C2CCCC2)C1c1ccc(C(C)C)cc1. The number of hydrogen-bond donors (Lipinski definition) is 1. The van der Waals surface area contributed by atoms with Gasteiger partial charge in [0.05, 0.1) is 24.3 Å². The standard InChI is InChI=1S/C26H28ClNO4/c1-15(2)16-8-10-17(11-9-16)23-22(24(29)20-14-18(27)12-13-21(20)32-3)25(30)26(31)28(23)19-6-4-5-7-19/h8-15,19,23,29H,4-7H2,1-3H3/b24-22+. The third-order valence-electron chi connectivity index (χ3n) is 6.53. The number of hydrogen-bond acceptors (Lipinski definition) is 4. The molecule has 1 N–H and O–H groups in total. The maximum atomic E-state index is 13.2. The van der Waals surface area contributed by atoms with E-state index in [9.17, 15) is 14.7 Å². The van der Waals surface area contributed by atoms with Gasteiger partial charge in [0.1, 0.15) is 11.5 Å². The van der Waals surface area contributed by atoms with Crippen molar-refractivity contribution < 1.29 is 19.4 Å². The fourth-order valence-electron chi connectivity index (χ4n) is 4.81. The molecule has 1 aliphatic heterocycles. The van der Waals surface area contributed by atoms with Crippen LogP contribution in [0.1, 0.15) is 68.2 Å². The average molecular weight is 454 g/mol. The van der Waals surface area contributed by atoms with Gasteiger partial charge < -0.3 is 14.7 Å². The smallest absolute Gasteiger partial charge is 0.295 e. The maximum absolute atomic E-state index is 13.2. The number of halogens is 1. The molecule has 2 aromatic rings. The topological polar surface area (TPSA) is 66.8 Å². The number of Topliss-reactive ketones (excluding diaryl/α,β-unsaturated/α-hetero) is 1. The number of likely N-dealkylation sites (tertiary alicyclic amines) is 1. The number of ketones is 1. The molecule has 0 spiro atoms. The number of amides is 1. The predicted octanol–water partition coefficient (Wildman–Crippen LogP) is 5.84. The van der Waals surface area contributed by atoms with Crippen molar-refractivity contribution in [2.75, 3.05) is 7.11 Å². The van der Waals surface area contributed by atoms with Crippen molar-refractivity contribution in [3.8, 4) is 5.75 Å². The quantitative estimate of drug-likeness (QED) is 0.351. The fourth-order valence-corrected chi connectivity index (χ4v) is 4.98. The highest BCUT2D eigenvalue weighted by Crippen LogP contribution is 2.44. The van der Waals surface area contributed by atoms with E-state index >= 15 is 0 Å². The minimum absolute atomic E-state index is 0.0206. The monoisotopic (exact) mass is 453 g/mol. The van der Waals surface area contributed by atoms with E-state index < -0.39 is 17.7 Å². The summed E-state index contributed by atoms with van der Waals surface area (Å²) in [5, 5.41) is 11.7. The van der Waals surface area contributed by atoms with E-state index in [0.717, 1.165) is 31.2 Å². The van der Waals surface area contributed by atoms with Crippen molar-refractivity contribution in [2.24, 2.45) is 0 Å². The summed E-state index contributed by atoms with van der Waals surface area (Å²) >= 11 is 6.17. The van der Waals surface area contributed by atoms with E-state index in [1.165, 1.54) is 12.7 Å². The third-order valence-corrected chi connectivity index (χ3v) is 6.77. The molecule has 0 aromatic heterocycles. The van der Waals surface area contributed by atoms with Crippen molar-refractivity contribution in [2.45, 2.75) is 57.5 Å². The van der Waals surface area contributed by atoms with E-state index in [-0.39, 0.29) is 17.4 Å². The van der Waals surface area contributed by atoms with Crippen LogP contribution >= 0.6 is 11.6 Å². The molecule has 1 aliphatic carbocycles. The number of carbonyl (C=O) groups is 2. The zero-order chi connectivity index (χ0) is 23.0. The molecule has 4 rings (SSSR count). The van der Waals surface area contributed by atoms with Crippen molar-refractivity contribution >= 4 is 29.1 Å². The predicted molar refractivity (Wildman–Crippen MR) is 125 cm³/mol. The Bertz CT molecular complexity index is 1070. The molecule has 2 aliphatic rings. The number of methoxy groups -OCH3 is 1. The Morgan fingerprint density at radius 3 is 2.34 bits per heavy atom. The summed E-state index contributed by atoms with van der Waals surface area (Å²) < 4.78 is 5.39. The second kappa shape index (κ2) is 8.99. The van der Waals surface area contributed by atoms with Gasteiger partial charge in [-0.1, -0.05) is 62.6 Å². The fraction of sp³-hybridized carbons (Fsp3) is 0.385. The van der Waals surface area contributed by atoms with Crippen LogP contribution in [0.3, 0.4) is 0 Å². The molecule has 6 heteroatoms. The Morgan fingerprint density at radius 1 is 1.09 bits per heavy atom. The van der Waals surface area contributed by atoms with Crippen LogP contribution in [-0.2, 0) is 9.59 Å². The Kier molecular flexibility index (Phi) is 6.29. The molecule has 2 aromatic carbocycles. The van der Waals surface area contributed by atoms with Gasteiger partial charge in [-0.05, 0) is 48.1 Å². The summed E-state index contributed by atoms with van der Waals surface area (Å²) in [5.41, 5.74) is 2.36. The molecule has 32 heavy (non-hydrogen) atoms. The first-order valence-corrected chi connectivity index (χ1v) is 11.4. The molecule has 2 fully saturated rings. The summed E-state index contributed by atoms with van der Waals surface area (Å²) in [7, 11) is 1.49. The molecule has 5 nitrogen and oxygen atoms in total. The minimum Gasteiger partial charge on any atom is -0.507 e. The largest absolute Gasteiger partial charge is 0.507 e. The van der Waals surface area contributed by atoms with Gasteiger partial charge in [0.2, 0.25) is 0 Å². The van der Waals surface area contributed by atoms with E-state index in [2.05, 4.69) is 13.8 Å². The van der Waals surface area contributed by atoms with Gasteiger partial charge in [-0.2, -0.15) is 0 Å². The molecule has 1 amide bonds. The second-order valence-corrected chi connectivity index (χ2v) is 9.25. The Hall–Kier alpha value is -2.79. The summed E-state index contributed by atoms with van der Waals surface area (Å²) in [5.74, 6) is -0.748. The van der Waals surface area contributed by atoms with E-state index in [4.69, 9.17) is 16.3 Å². The van der Waals surface area contributed by atoms with Crippen molar-refractivity contribution in [3.63, 3.8) is 0 Å². The van der Waals surface area contributed by atoms with Crippen LogP contribution in [0.15, 0.2) is 48.0 Å². The van der Waals surface area contributed by atoms with Crippen molar-refractivity contribution in [3.05, 3.63) is 69.8 Å².